The molecular weight excluding hydrogens is 348 g/mol. The molecule has 15 heavy (non-hydrogen) atoms. The molecule has 0 N–H and O–H groups in total. The Balaban J connectivity index is 2.56. The number of halogens is 2. The number of rotatable bonds is 4. The van der Waals surface area contributed by atoms with Crippen molar-refractivity contribution in [3.05, 3.63) is 0 Å². The van der Waals surface area contributed by atoms with Crippen molar-refractivity contribution in [1.29, 1.82) is 0 Å². The zero-order chi connectivity index (χ0) is 12.1. The van der Waals surface area contributed by atoms with Crippen LogP contribution in [0.25, 0.3) is 0 Å². The maximum Gasteiger partial charge on any atom is 0.0862 e. The molecule has 0 nitrogen and oxygen atoms in total. The standard InChI is InChI=1S/C11H24Br2Si2/c1-14(2,3)7-9-10(11(9,12)13)8-15(4,5)6/h9-10H,7-8H2,1-6H3/t9-,10-/m0/s1. The second-order valence-corrected chi connectivity index (χ2v) is 22.2. The van der Waals surface area contributed by atoms with Gasteiger partial charge in [-0.3, -0.25) is 0 Å². The molecule has 4 heteroatoms. The molecule has 1 rings (SSSR count). The monoisotopic (exact) mass is 370 g/mol. The largest absolute Gasteiger partial charge is 0.0862 e. The Kier molecular flexibility index (Phi) is 4.10. The Morgan fingerprint density at radius 1 is 0.800 bits per heavy atom. The summed E-state index contributed by atoms with van der Waals surface area (Å²) in [4.78, 5) is 0. The van der Waals surface area contributed by atoms with E-state index in [1.807, 2.05) is 0 Å². The SMILES string of the molecule is C[Si](C)(C)C[C@H]1[C@H](C[Si](C)(C)C)C1(Br)Br. The summed E-state index contributed by atoms with van der Waals surface area (Å²) in [6, 6.07) is 2.91. The van der Waals surface area contributed by atoms with Crippen molar-refractivity contribution in [2.75, 3.05) is 0 Å². The predicted molar refractivity (Wildman–Crippen MR) is 83.9 cm³/mol. The third-order valence-corrected chi connectivity index (χ3v) is 8.71. The summed E-state index contributed by atoms with van der Waals surface area (Å²) in [5, 5.41) is 0. The van der Waals surface area contributed by atoms with E-state index in [9.17, 15) is 0 Å². The van der Waals surface area contributed by atoms with E-state index in [4.69, 9.17) is 0 Å². The quantitative estimate of drug-likeness (QED) is 0.458. The average Bonchev–Trinajstić information content (AvgIpc) is 2.32. The van der Waals surface area contributed by atoms with E-state index in [1.165, 1.54) is 12.1 Å². The number of alkyl halides is 2. The summed E-state index contributed by atoms with van der Waals surface area (Å²) in [7, 11) is -1.82. The fourth-order valence-corrected chi connectivity index (χ4v) is 9.04. The van der Waals surface area contributed by atoms with Crippen molar-refractivity contribution in [2.24, 2.45) is 11.8 Å². The Morgan fingerprint density at radius 2 is 1.07 bits per heavy atom. The van der Waals surface area contributed by atoms with E-state index in [2.05, 4.69) is 71.1 Å². The van der Waals surface area contributed by atoms with Gasteiger partial charge in [0.2, 0.25) is 0 Å². The summed E-state index contributed by atoms with van der Waals surface area (Å²) in [6.07, 6.45) is 0. The highest BCUT2D eigenvalue weighted by Crippen LogP contribution is 2.67. The van der Waals surface area contributed by atoms with Crippen molar-refractivity contribution < 1.29 is 0 Å². The van der Waals surface area contributed by atoms with Gasteiger partial charge in [0.25, 0.3) is 0 Å². The van der Waals surface area contributed by atoms with Crippen LogP contribution < -0.4 is 0 Å². The van der Waals surface area contributed by atoms with Gasteiger partial charge in [-0.25, -0.2) is 0 Å². The van der Waals surface area contributed by atoms with Gasteiger partial charge in [-0.05, 0) is 11.8 Å². The van der Waals surface area contributed by atoms with Gasteiger partial charge >= 0.3 is 0 Å². The Hall–Kier alpha value is 1.39. The van der Waals surface area contributed by atoms with Crippen molar-refractivity contribution >= 4 is 48.0 Å². The summed E-state index contributed by atoms with van der Waals surface area (Å²) >= 11 is 7.77. The first-order chi connectivity index (χ1) is 6.43. The highest BCUT2D eigenvalue weighted by atomic mass is 79.9. The van der Waals surface area contributed by atoms with Crippen LogP contribution in [0.1, 0.15) is 0 Å². The minimum absolute atomic E-state index is 0.292. The van der Waals surface area contributed by atoms with Crippen LogP contribution in [0.2, 0.25) is 51.4 Å². The van der Waals surface area contributed by atoms with Gasteiger partial charge in [-0.2, -0.15) is 0 Å². The lowest BCUT2D eigenvalue weighted by molar-refractivity contribution is 0.805. The lowest BCUT2D eigenvalue weighted by Gasteiger charge is -2.17. The molecule has 0 spiro atoms. The van der Waals surface area contributed by atoms with E-state index in [-0.39, 0.29) is 0 Å². The van der Waals surface area contributed by atoms with Crippen LogP contribution in [0.4, 0.5) is 0 Å². The fraction of sp³-hybridized carbons (Fsp3) is 1.00. The lowest BCUT2D eigenvalue weighted by Crippen LogP contribution is -2.22. The second kappa shape index (κ2) is 4.25. The Morgan fingerprint density at radius 3 is 1.27 bits per heavy atom. The molecule has 0 aromatic rings. The lowest BCUT2D eigenvalue weighted by atomic mass is 10.4. The van der Waals surface area contributed by atoms with Crippen LogP contribution in [0.15, 0.2) is 0 Å². The van der Waals surface area contributed by atoms with Gasteiger partial charge in [0, 0.05) is 16.1 Å². The van der Waals surface area contributed by atoms with Gasteiger partial charge in [0.15, 0.2) is 0 Å². The molecule has 0 aromatic heterocycles. The third-order valence-electron chi connectivity index (χ3n) is 3.03. The maximum atomic E-state index is 3.89. The third kappa shape index (κ3) is 4.28. The van der Waals surface area contributed by atoms with E-state index in [0.29, 0.717) is 3.23 Å². The molecule has 0 unspecified atom stereocenters. The minimum atomic E-state index is -0.908. The molecule has 0 radical (unpaired) electrons. The van der Waals surface area contributed by atoms with Crippen molar-refractivity contribution in [1.82, 2.24) is 0 Å². The zero-order valence-electron chi connectivity index (χ0n) is 10.8. The summed E-state index contributed by atoms with van der Waals surface area (Å²) < 4.78 is 0.292. The molecule has 0 bridgehead atoms. The highest BCUT2D eigenvalue weighted by Gasteiger charge is 2.62. The molecule has 2 atom stereocenters. The van der Waals surface area contributed by atoms with Crippen LogP contribution in [-0.2, 0) is 0 Å². The molecule has 1 saturated carbocycles. The van der Waals surface area contributed by atoms with Crippen LogP contribution in [0.5, 0.6) is 0 Å². The van der Waals surface area contributed by atoms with E-state index in [0.717, 1.165) is 11.8 Å². The molecule has 1 aliphatic rings. The zero-order valence-corrected chi connectivity index (χ0v) is 16.0. The van der Waals surface area contributed by atoms with Gasteiger partial charge in [0.05, 0.1) is 3.23 Å². The van der Waals surface area contributed by atoms with Gasteiger partial charge < -0.3 is 0 Å². The molecule has 0 aliphatic heterocycles. The van der Waals surface area contributed by atoms with Crippen LogP contribution in [0.3, 0.4) is 0 Å². The predicted octanol–water partition coefficient (Wildman–Crippen LogP) is 5.39. The molecular formula is C11H24Br2Si2. The molecule has 1 aliphatic carbocycles. The fourth-order valence-electron chi connectivity index (χ4n) is 2.34. The topological polar surface area (TPSA) is 0 Å². The van der Waals surface area contributed by atoms with Crippen molar-refractivity contribution in [3.8, 4) is 0 Å². The summed E-state index contributed by atoms with van der Waals surface area (Å²) in [6.45, 7) is 14.9. The van der Waals surface area contributed by atoms with Crippen molar-refractivity contribution in [3.63, 3.8) is 0 Å². The molecule has 90 valence electrons. The first-order valence-corrected chi connectivity index (χ1v) is 14.8. The van der Waals surface area contributed by atoms with E-state index >= 15 is 0 Å². The number of hydrogen-bond acceptors (Lipinski definition) is 0. The van der Waals surface area contributed by atoms with Crippen LogP contribution >= 0.6 is 31.9 Å². The van der Waals surface area contributed by atoms with Gasteiger partial charge in [-0.1, -0.05) is 83.2 Å². The van der Waals surface area contributed by atoms with Crippen molar-refractivity contribution in [2.45, 2.75) is 54.6 Å². The van der Waals surface area contributed by atoms with E-state index < -0.39 is 16.1 Å². The molecule has 0 heterocycles. The number of hydrogen-bond donors (Lipinski definition) is 0. The highest BCUT2D eigenvalue weighted by molar-refractivity contribution is 9.25. The molecule has 1 fully saturated rings. The molecule has 0 amide bonds. The first-order valence-electron chi connectivity index (χ1n) is 5.81. The second-order valence-electron chi connectivity index (χ2n) is 7.42. The normalized spacial score (nSPS) is 30.4. The summed E-state index contributed by atoms with van der Waals surface area (Å²) in [5.74, 6) is 1.77. The molecule has 0 saturated heterocycles. The Labute approximate surface area is 114 Å². The van der Waals surface area contributed by atoms with Gasteiger partial charge in [0.1, 0.15) is 0 Å². The average molecular weight is 372 g/mol. The Bertz CT molecular complexity index is 214. The maximum absolute atomic E-state index is 3.89. The first kappa shape index (κ1) is 14.5. The molecule has 0 aromatic carbocycles. The van der Waals surface area contributed by atoms with Gasteiger partial charge in [-0.15, -0.1) is 0 Å². The van der Waals surface area contributed by atoms with Crippen LogP contribution in [-0.4, -0.2) is 19.4 Å². The minimum Gasteiger partial charge on any atom is -0.0721 e. The van der Waals surface area contributed by atoms with Crippen LogP contribution in [0, 0.1) is 11.8 Å². The smallest absolute Gasteiger partial charge is 0.0721 e. The van der Waals surface area contributed by atoms with E-state index in [1.54, 1.807) is 0 Å². The summed E-state index contributed by atoms with van der Waals surface area (Å²) in [5.41, 5.74) is 0.